The maximum atomic E-state index is 13.1. The Balaban J connectivity index is 1.50. The highest BCUT2D eigenvalue weighted by Gasteiger charge is 2.28. The lowest BCUT2D eigenvalue weighted by Crippen LogP contribution is -2.24. The Kier molecular flexibility index (Phi) is 5.19. The van der Waals surface area contributed by atoms with Gasteiger partial charge in [-0.1, -0.05) is 35.3 Å². The van der Waals surface area contributed by atoms with Crippen molar-refractivity contribution in [3.05, 3.63) is 74.6 Å². The number of nitrogens with zero attached hydrogens (tertiary/aromatic N) is 3. The van der Waals surface area contributed by atoms with Crippen LogP contribution in [0.15, 0.2) is 53.5 Å². The van der Waals surface area contributed by atoms with E-state index in [1.165, 1.54) is 4.57 Å². The number of benzene rings is 2. The molecular formula is C23H16Cl2N4O4. The van der Waals surface area contributed by atoms with E-state index in [1.807, 2.05) is 0 Å². The molecule has 10 heteroatoms. The zero-order valence-electron chi connectivity index (χ0n) is 17.2. The number of carboxylic acid groups (broad SMARTS) is 1. The quantitative estimate of drug-likeness (QED) is 0.442. The molecule has 0 bridgehead atoms. The molecule has 0 radical (unpaired) electrons. The van der Waals surface area contributed by atoms with Gasteiger partial charge in [0, 0.05) is 42.4 Å². The van der Waals surface area contributed by atoms with E-state index >= 15 is 0 Å². The summed E-state index contributed by atoms with van der Waals surface area (Å²) in [4.78, 5) is 33.1. The van der Waals surface area contributed by atoms with Crippen molar-refractivity contribution >= 4 is 51.8 Å². The summed E-state index contributed by atoms with van der Waals surface area (Å²) >= 11 is 12.6. The van der Waals surface area contributed by atoms with Crippen LogP contribution in [0.3, 0.4) is 0 Å². The number of carboxylic acids is 1. The molecule has 1 unspecified atom stereocenters. The predicted molar refractivity (Wildman–Crippen MR) is 126 cm³/mol. The summed E-state index contributed by atoms with van der Waals surface area (Å²) in [6.45, 7) is 0. The van der Waals surface area contributed by atoms with Gasteiger partial charge in [0.15, 0.2) is 6.10 Å². The number of rotatable bonds is 4. The highest BCUT2D eigenvalue weighted by atomic mass is 35.5. The Bertz CT molecular complexity index is 1480. The third-order valence-corrected chi connectivity index (χ3v) is 6.08. The van der Waals surface area contributed by atoms with Gasteiger partial charge in [0.25, 0.3) is 5.56 Å². The SMILES string of the molecule is Cn1c(=O)c(-c2c(Cl)cccc2Cl)cc2cnc(Nc3ccc4c(c3)OC(C(=O)O)C4)nc21. The van der Waals surface area contributed by atoms with Crippen LogP contribution in [-0.4, -0.2) is 31.7 Å². The van der Waals surface area contributed by atoms with Gasteiger partial charge in [0.2, 0.25) is 5.95 Å². The van der Waals surface area contributed by atoms with E-state index in [0.29, 0.717) is 50.1 Å². The Hall–Kier alpha value is -3.62. The number of ether oxygens (including phenoxy) is 1. The molecule has 1 aliphatic rings. The van der Waals surface area contributed by atoms with Crippen molar-refractivity contribution in [2.24, 2.45) is 7.05 Å². The van der Waals surface area contributed by atoms with Gasteiger partial charge >= 0.3 is 5.97 Å². The lowest BCUT2D eigenvalue weighted by Gasteiger charge is -2.12. The second kappa shape index (κ2) is 8.06. The standard InChI is InChI=1S/C23H16Cl2N4O4/c1-29-20-12(7-14(21(29)30)19-15(24)3-2-4-16(19)25)10-26-23(28-20)27-13-6-5-11-8-18(22(31)32)33-17(11)9-13/h2-7,9-10,18H,8H2,1H3,(H,31,32)(H,26,27,28). The Morgan fingerprint density at radius 2 is 1.97 bits per heavy atom. The van der Waals surface area contributed by atoms with Crippen molar-refractivity contribution in [2.45, 2.75) is 12.5 Å². The summed E-state index contributed by atoms with van der Waals surface area (Å²) in [5.41, 5.74) is 2.39. The molecule has 4 aromatic rings. The highest BCUT2D eigenvalue weighted by molar-refractivity contribution is 6.39. The monoisotopic (exact) mass is 482 g/mol. The number of fused-ring (bicyclic) bond motifs is 2. The second-order valence-corrected chi connectivity index (χ2v) is 8.40. The van der Waals surface area contributed by atoms with E-state index in [-0.39, 0.29) is 11.5 Å². The van der Waals surface area contributed by atoms with Crippen molar-refractivity contribution in [1.82, 2.24) is 14.5 Å². The van der Waals surface area contributed by atoms with Crippen LogP contribution in [0.5, 0.6) is 5.75 Å². The van der Waals surface area contributed by atoms with Crippen molar-refractivity contribution in [1.29, 1.82) is 0 Å². The van der Waals surface area contributed by atoms with E-state index in [2.05, 4.69) is 15.3 Å². The summed E-state index contributed by atoms with van der Waals surface area (Å²) in [5, 5.41) is 13.6. The summed E-state index contributed by atoms with van der Waals surface area (Å²) in [6, 6.07) is 12.0. The van der Waals surface area contributed by atoms with Crippen LogP contribution >= 0.6 is 23.2 Å². The summed E-state index contributed by atoms with van der Waals surface area (Å²) in [5.74, 6) is -0.229. The average molecular weight is 483 g/mol. The number of aliphatic carboxylic acids is 1. The maximum Gasteiger partial charge on any atom is 0.345 e. The molecule has 166 valence electrons. The third kappa shape index (κ3) is 3.77. The van der Waals surface area contributed by atoms with Crippen LogP contribution in [0.25, 0.3) is 22.2 Å². The minimum Gasteiger partial charge on any atom is -0.478 e. The molecule has 0 saturated carbocycles. The first-order valence-corrected chi connectivity index (χ1v) is 10.7. The number of anilines is 2. The maximum absolute atomic E-state index is 13.1. The largest absolute Gasteiger partial charge is 0.478 e. The van der Waals surface area contributed by atoms with E-state index in [4.69, 9.17) is 33.0 Å². The average Bonchev–Trinajstić information content (AvgIpc) is 3.21. The van der Waals surface area contributed by atoms with Gasteiger partial charge in [-0.25, -0.2) is 9.78 Å². The van der Waals surface area contributed by atoms with Crippen LogP contribution < -0.4 is 15.6 Å². The van der Waals surface area contributed by atoms with Gasteiger partial charge in [-0.05, 0) is 29.8 Å². The first kappa shape index (κ1) is 21.2. The van der Waals surface area contributed by atoms with Crippen LogP contribution in [0.4, 0.5) is 11.6 Å². The molecule has 1 atom stereocenters. The molecule has 0 fully saturated rings. The molecule has 2 N–H and O–H groups in total. The Morgan fingerprint density at radius 1 is 1.21 bits per heavy atom. The van der Waals surface area contributed by atoms with Crippen molar-refractivity contribution in [2.75, 3.05) is 5.32 Å². The number of nitrogens with one attached hydrogen (secondary N) is 1. The van der Waals surface area contributed by atoms with Crippen LogP contribution in [0.1, 0.15) is 5.56 Å². The van der Waals surface area contributed by atoms with Gasteiger partial charge in [-0.15, -0.1) is 0 Å². The topological polar surface area (TPSA) is 106 Å². The normalized spacial score (nSPS) is 14.7. The van der Waals surface area contributed by atoms with Crippen LogP contribution in [0, 0.1) is 0 Å². The summed E-state index contributed by atoms with van der Waals surface area (Å²) < 4.78 is 6.90. The van der Waals surface area contributed by atoms with Gasteiger partial charge in [-0.3, -0.25) is 9.36 Å². The highest BCUT2D eigenvalue weighted by Crippen LogP contribution is 2.34. The molecule has 33 heavy (non-hydrogen) atoms. The second-order valence-electron chi connectivity index (χ2n) is 7.59. The van der Waals surface area contributed by atoms with Gasteiger partial charge in [0.05, 0.1) is 15.6 Å². The van der Waals surface area contributed by atoms with E-state index in [9.17, 15) is 9.59 Å². The summed E-state index contributed by atoms with van der Waals surface area (Å²) in [6.07, 6.45) is 1.03. The molecular weight excluding hydrogens is 467 g/mol. The molecule has 0 spiro atoms. The molecule has 8 nitrogen and oxygen atoms in total. The minimum absolute atomic E-state index is 0.272. The van der Waals surface area contributed by atoms with E-state index < -0.39 is 12.1 Å². The van der Waals surface area contributed by atoms with E-state index in [1.54, 1.807) is 55.7 Å². The molecule has 0 saturated heterocycles. The number of carbonyl (C=O) groups is 1. The zero-order valence-corrected chi connectivity index (χ0v) is 18.7. The van der Waals surface area contributed by atoms with Crippen molar-refractivity contribution in [3.63, 3.8) is 0 Å². The Morgan fingerprint density at radius 3 is 2.70 bits per heavy atom. The van der Waals surface area contributed by atoms with Crippen LogP contribution in [-0.2, 0) is 18.3 Å². The fourth-order valence-corrected chi connectivity index (χ4v) is 4.41. The lowest BCUT2D eigenvalue weighted by molar-refractivity contribution is -0.144. The third-order valence-electron chi connectivity index (χ3n) is 5.45. The van der Waals surface area contributed by atoms with E-state index in [0.717, 1.165) is 5.56 Å². The van der Waals surface area contributed by atoms with Crippen molar-refractivity contribution < 1.29 is 14.6 Å². The number of aromatic nitrogens is 3. The lowest BCUT2D eigenvalue weighted by atomic mass is 10.1. The number of aryl methyl sites for hydroxylation is 1. The molecule has 1 aliphatic heterocycles. The van der Waals surface area contributed by atoms with Crippen molar-refractivity contribution in [3.8, 4) is 16.9 Å². The van der Waals surface area contributed by atoms with Gasteiger partial charge in [-0.2, -0.15) is 4.98 Å². The molecule has 5 rings (SSSR count). The van der Waals surface area contributed by atoms with Crippen LogP contribution in [0.2, 0.25) is 10.0 Å². The van der Waals surface area contributed by atoms with Gasteiger partial charge < -0.3 is 15.2 Å². The zero-order chi connectivity index (χ0) is 23.3. The van der Waals surface area contributed by atoms with Gasteiger partial charge in [0.1, 0.15) is 11.4 Å². The smallest absolute Gasteiger partial charge is 0.345 e. The number of hydrogen-bond acceptors (Lipinski definition) is 6. The molecule has 2 aromatic carbocycles. The minimum atomic E-state index is -1.00. The molecule has 0 amide bonds. The predicted octanol–water partition coefficient (Wildman–Crippen LogP) is 4.43. The summed E-state index contributed by atoms with van der Waals surface area (Å²) in [7, 11) is 1.62. The first-order chi connectivity index (χ1) is 15.8. The number of halogens is 2. The molecule has 3 heterocycles. The molecule has 2 aromatic heterocycles. The number of pyridine rings is 1. The fourth-order valence-electron chi connectivity index (χ4n) is 3.81. The fraction of sp³-hybridized carbons (Fsp3) is 0.130. The number of hydrogen-bond donors (Lipinski definition) is 2. The Labute approximate surface area is 197 Å². The first-order valence-electron chi connectivity index (χ1n) is 9.92. The molecule has 0 aliphatic carbocycles.